The average Bonchev–Trinajstić information content (AvgIpc) is 2.03. The lowest BCUT2D eigenvalue weighted by Crippen LogP contribution is -1.72. The van der Waals surface area contributed by atoms with Gasteiger partial charge in [0.05, 0.1) is 6.61 Å². The van der Waals surface area contributed by atoms with Crippen molar-refractivity contribution in [3.05, 3.63) is 42.0 Å². The normalized spacial score (nSPS) is 9.55. The Labute approximate surface area is 65.4 Å². The molecule has 1 aromatic rings. The molecule has 1 nitrogen and oxygen atoms in total. The first-order valence-electron chi connectivity index (χ1n) is 3.26. The molecule has 0 aromatic heterocycles. The molecule has 0 aliphatic rings. The smallest absolute Gasteiger partial charge is 0.0615 e. The van der Waals surface area contributed by atoms with Gasteiger partial charge in [-0.2, -0.15) is 0 Å². The van der Waals surface area contributed by atoms with Crippen LogP contribution in [0.15, 0.2) is 36.4 Å². The molecule has 0 radical (unpaired) electrons. The SMILES string of the molecule is F.OCC=Cc1ccccc1. The summed E-state index contributed by atoms with van der Waals surface area (Å²) in [5, 5.41) is 8.44. The van der Waals surface area contributed by atoms with Gasteiger partial charge >= 0.3 is 0 Å². The first kappa shape index (κ1) is 9.85. The van der Waals surface area contributed by atoms with E-state index in [1.807, 2.05) is 36.4 Å². The number of hydrogen-bond acceptors (Lipinski definition) is 1. The van der Waals surface area contributed by atoms with E-state index in [0.717, 1.165) is 5.56 Å². The molecular weight excluding hydrogens is 143 g/mol. The van der Waals surface area contributed by atoms with Crippen molar-refractivity contribution in [1.82, 2.24) is 0 Å². The maximum Gasteiger partial charge on any atom is 0.0615 e. The highest BCUT2D eigenvalue weighted by atomic mass is 19.0. The van der Waals surface area contributed by atoms with E-state index in [2.05, 4.69) is 0 Å². The van der Waals surface area contributed by atoms with Crippen LogP contribution in [0.4, 0.5) is 4.70 Å². The van der Waals surface area contributed by atoms with Gasteiger partial charge in [0.1, 0.15) is 0 Å². The van der Waals surface area contributed by atoms with Crippen molar-refractivity contribution >= 4 is 6.08 Å². The number of halogens is 1. The molecule has 0 fully saturated rings. The van der Waals surface area contributed by atoms with Gasteiger partial charge < -0.3 is 5.11 Å². The predicted octanol–water partition coefficient (Wildman–Crippen LogP) is 1.84. The van der Waals surface area contributed by atoms with Crippen LogP contribution in [0.2, 0.25) is 0 Å². The van der Waals surface area contributed by atoms with Crippen LogP contribution in [0, 0.1) is 0 Å². The summed E-state index contributed by atoms with van der Waals surface area (Å²) < 4.78 is 0. The van der Waals surface area contributed by atoms with E-state index in [4.69, 9.17) is 5.11 Å². The van der Waals surface area contributed by atoms with Crippen molar-refractivity contribution in [1.29, 1.82) is 0 Å². The Morgan fingerprint density at radius 1 is 1.18 bits per heavy atom. The first-order valence-corrected chi connectivity index (χ1v) is 3.26. The topological polar surface area (TPSA) is 20.2 Å². The zero-order chi connectivity index (χ0) is 7.23. The number of aliphatic hydroxyl groups excluding tert-OH is 1. The Balaban J connectivity index is 0.000001000. The van der Waals surface area contributed by atoms with E-state index >= 15 is 0 Å². The fourth-order valence-corrected chi connectivity index (χ4v) is 0.753. The van der Waals surface area contributed by atoms with Gasteiger partial charge in [-0.1, -0.05) is 42.5 Å². The van der Waals surface area contributed by atoms with Gasteiger partial charge in [0.25, 0.3) is 0 Å². The van der Waals surface area contributed by atoms with Crippen LogP contribution in [0.1, 0.15) is 5.56 Å². The van der Waals surface area contributed by atoms with E-state index < -0.39 is 0 Å². The van der Waals surface area contributed by atoms with Gasteiger partial charge in [-0.25, -0.2) is 0 Å². The third-order valence-corrected chi connectivity index (χ3v) is 1.22. The van der Waals surface area contributed by atoms with Crippen LogP contribution in [-0.2, 0) is 0 Å². The first-order chi connectivity index (χ1) is 4.93. The summed E-state index contributed by atoms with van der Waals surface area (Å²) in [5.74, 6) is 0. The van der Waals surface area contributed by atoms with Gasteiger partial charge in [0, 0.05) is 0 Å². The highest BCUT2D eigenvalue weighted by molar-refractivity contribution is 5.48. The monoisotopic (exact) mass is 154 g/mol. The van der Waals surface area contributed by atoms with Gasteiger partial charge in [0.2, 0.25) is 0 Å². The quantitative estimate of drug-likeness (QED) is 0.689. The second-order valence-corrected chi connectivity index (χ2v) is 2.00. The predicted molar refractivity (Wildman–Crippen MR) is 45.1 cm³/mol. The van der Waals surface area contributed by atoms with Crippen LogP contribution in [0.3, 0.4) is 0 Å². The van der Waals surface area contributed by atoms with Gasteiger partial charge in [-0.05, 0) is 5.56 Å². The molecule has 0 saturated carbocycles. The van der Waals surface area contributed by atoms with Crippen LogP contribution in [-0.4, -0.2) is 11.7 Å². The molecule has 1 rings (SSSR count). The number of rotatable bonds is 2. The molecule has 0 bridgehead atoms. The molecule has 1 N–H and O–H groups in total. The lowest BCUT2D eigenvalue weighted by atomic mass is 10.2. The minimum absolute atomic E-state index is 0. The second kappa shape index (κ2) is 5.62. The molecule has 2 heteroatoms. The molecular formula is C9H11FO. The van der Waals surface area contributed by atoms with Gasteiger partial charge in [-0.3, -0.25) is 4.70 Å². The highest BCUT2D eigenvalue weighted by Gasteiger charge is 1.79. The average molecular weight is 154 g/mol. The summed E-state index contributed by atoms with van der Waals surface area (Å²) in [6.45, 7) is 0.106. The highest BCUT2D eigenvalue weighted by Crippen LogP contribution is 1.99. The summed E-state index contributed by atoms with van der Waals surface area (Å²) in [6, 6.07) is 9.89. The zero-order valence-corrected chi connectivity index (χ0v) is 6.10. The zero-order valence-electron chi connectivity index (χ0n) is 6.10. The van der Waals surface area contributed by atoms with Crippen molar-refractivity contribution in [2.75, 3.05) is 6.61 Å². The van der Waals surface area contributed by atoms with Gasteiger partial charge in [0.15, 0.2) is 0 Å². The van der Waals surface area contributed by atoms with Crippen LogP contribution in [0.5, 0.6) is 0 Å². The summed E-state index contributed by atoms with van der Waals surface area (Å²) in [5.41, 5.74) is 1.12. The van der Waals surface area contributed by atoms with Crippen molar-refractivity contribution < 1.29 is 9.81 Å². The molecule has 11 heavy (non-hydrogen) atoms. The Morgan fingerprint density at radius 3 is 2.36 bits per heavy atom. The molecule has 0 atom stereocenters. The summed E-state index contributed by atoms with van der Waals surface area (Å²) in [4.78, 5) is 0. The Kier molecular flexibility index (Phi) is 5.03. The minimum atomic E-state index is 0. The van der Waals surface area contributed by atoms with Crippen molar-refractivity contribution in [3.63, 3.8) is 0 Å². The van der Waals surface area contributed by atoms with E-state index in [9.17, 15) is 0 Å². The van der Waals surface area contributed by atoms with Crippen molar-refractivity contribution in [3.8, 4) is 0 Å². The summed E-state index contributed by atoms with van der Waals surface area (Å²) in [7, 11) is 0. The lowest BCUT2D eigenvalue weighted by molar-refractivity contribution is 0.343. The Morgan fingerprint density at radius 2 is 1.82 bits per heavy atom. The summed E-state index contributed by atoms with van der Waals surface area (Å²) in [6.07, 6.45) is 3.61. The van der Waals surface area contributed by atoms with Crippen LogP contribution >= 0.6 is 0 Å². The third-order valence-electron chi connectivity index (χ3n) is 1.22. The lowest BCUT2D eigenvalue weighted by Gasteiger charge is -1.88. The number of aliphatic hydroxyl groups is 1. The van der Waals surface area contributed by atoms with Gasteiger partial charge in [-0.15, -0.1) is 0 Å². The molecule has 1 aromatic carbocycles. The van der Waals surface area contributed by atoms with Crippen molar-refractivity contribution in [2.45, 2.75) is 0 Å². The molecule has 0 heterocycles. The molecule has 0 aliphatic carbocycles. The van der Waals surface area contributed by atoms with E-state index in [0.29, 0.717) is 0 Å². The molecule has 0 aliphatic heterocycles. The molecule has 0 saturated heterocycles. The second-order valence-electron chi connectivity index (χ2n) is 2.00. The van der Waals surface area contributed by atoms with E-state index in [1.54, 1.807) is 6.08 Å². The summed E-state index contributed by atoms with van der Waals surface area (Å²) >= 11 is 0. The Bertz CT molecular complexity index is 206. The minimum Gasteiger partial charge on any atom is -0.392 e. The van der Waals surface area contributed by atoms with E-state index in [-0.39, 0.29) is 11.3 Å². The maximum atomic E-state index is 8.44. The largest absolute Gasteiger partial charge is 0.392 e. The van der Waals surface area contributed by atoms with Crippen molar-refractivity contribution in [2.24, 2.45) is 0 Å². The maximum absolute atomic E-state index is 8.44. The number of benzene rings is 1. The van der Waals surface area contributed by atoms with Crippen LogP contribution < -0.4 is 0 Å². The van der Waals surface area contributed by atoms with Crippen LogP contribution in [0.25, 0.3) is 6.08 Å². The molecule has 60 valence electrons. The standard InChI is InChI=1S/C9H10O.FH/c10-8-4-7-9-5-2-1-3-6-9;/h1-7,10H,8H2;1H. The fraction of sp³-hybridized carbons (Fsp3) is 0.111. The molecule has 0 amide bonds. The molecule has 0 spiro atoms. The van der Waals surface area contributed by atoms with E-state index in [1.165, 1.54) is 0 Å². The number of hydrogen-bond donors (Lipinski definition) is 1. The fourth-order valence-electron chi connectivity index (χ4n) is 0.753. The third kappa shape index (κ3) is 3.53. The Hall–Kier alpha value is -1.15. The molecule has 0 unspecified atom stereocenters.